The Kier molecular flexibility index (Phi) is 2.72. The highest BCUT2D eigenvalue weighted by Gasteiger charge is 2.59. The molecule has 2 saturated carbocycles. The molecule has 4 nitrogen and oxygen atoms in total. The van der Waals surface area contributed by atoms with E-state index in [2.05, 4.69) is 36.1 Å². The standard InChI is InChI=1S/C14H21ClN4/c1-13(2)8-4-5-14(3,6-8)12(13)19-11-9(16)10(15)17-7-18-11/h7-8,12H,4-6,16H2,1-3H3,(H,17,18,19). The maximum Gasteiger partial charge on any atom is 0.157 e. The minimum Gasteiger partial charge on any atom is -0.393 e. The first-order valence-corrected chi connectivity index (χ1v) is 7.25. The van der Waals surface area contributed by atoms with Gasteiger partial charge in [0, 0.05) is 6.04 Å². The van der Waals surface area contributed by atoms with E-state index in [4.69, 9.17) is 17.3 Å². The van der Waals surface area contributed by atoms with Gasteiger partial charge in [0.1, 0.15) is 12.0 Å². The van der Waals surface area contributed by atoms with Gasteiger partial charge in [0.05, 0.1) is 0 Å². The van der Waals surface area contributed by atoms with Crippen molar-refractivity contribution < 1.29 is 0 Å². The second-order valence-electron chi connectivity index (χ2n) is 6.92. The summed E-state index contributed by atoms with van der Waals surface area (Å²) in [7, 11) is 0. The summed E-state index contributed by atoms with van der Waals surface area (Å²) in [6.07, 6.45) is 5.36. The van der Waals surface area contributed by atoms with Gasteiger partial charge in [0.25, 0.3) is 0 Å². The molecule has 3 unspecified atom stereocenters. The van der Waals surface area contributed by atoms with Crippen LogP contribution in [0, 0.1) is 16.7 Å². The van der Waals surface area contributed by atoms with Crippen molar-refractivity contribution in [3.63, 3.8) is 0 Å². The Morgan fingerprint density at radius 3 is 2.74 bits per heavy atom. The minimum atomic E-state index is 0.261. The molecule has 0 amide bonds. The molecule has 0 saturated heterocycles. The molecule has 104 valence electrons. The molecule has 2 fully saturated rings. The number of nitrogens with one attached hydrogen (secondary N) is 1. The van der Waals surface area contributed by atoms with Crippen LogP contribution in [-0.4, -0.2) is 16.0 Å². The van der Waals surface area contributed by atoms with Crippen LogP contribution >= 0.6 is 11.6 Å². The van der Waals surface area contributed by atoms with Crippen LogP contribution in [-0.2, 0) is 0 Å². The van der Waals surface area contributed by atoms with Gasteiger partial charge in [-0.1, -0.05) is 32.4 Å². The third-order valence-corrected chi connectivity index (χ3v) is 5.69. The molecule has 0 aliphatic heterocycles. The van der Waals surface area contributed by atoms with Gasteiger partial charge in [-0.3, -0.25) is 0 Å². The van der Waals surface area contributed by atoms with Gasteiger partial charge in [-0.05, 0) is 36.0 Å². The van der Waals surface area contributed by atoms with E-state index in [1.165, 1.54) is 25.6 Å². The topological polar surface area (TPSA) is 63.8 Å². The third-order valence-electron chi connectivity index (χ3n) is 5.39. The van der Waals surface area contributed by atoms with Crippen LogP contribution in [0.25, 0.3) is 0 Å². The second-order valence-corrected chi connectivity index (χ2v) is 7.28. The first-order chi connectivity index (χ1) is 8.84. The highest BCUT2D eigenvalue weighted by molar-refractivity contribution is 6.32. The number of nitrogens with two attached hydrogens (primary N) is 1. The van der Waals surface area contributed by atoms with Crippen LogP contribution in [0.1, 0.15) is 40.0 Å². The number of aromatic nitrogens is 2. The average molecular weight is 281 g/mol. The van der Waals surface area contributed by atoms with Crippen molar-refractivity contribution in [1.29, 1.82) is 0 Å². The Balaban J connectivity index is 1.93. The monoisotopic (exact) mass is 280 g/mol. The molecule has 5 heteroatoms. The van der Waals surface area contributed by atoms with Crippen molar-refractivity contribution in [3.8, 4) is 0 Å². The molecule has 3 rings (SSSR count). The Bertz CT molecular complexity index is 511. The second kappa shape index (κ2) is 3.98. The van der Waals surface area contributed by atoms with Crippen molar-refractivity contribution in [1.82, 2.24) is 9.97 Å². The lowest BCUT2D eigenvalue weighted by atomic mass is 9.68. The van der Waals surface area contributed by atoms with E-state index in [-0.39, 0.29) is 5.41 Å². The first-order valence-electron chi connectivity index (χ1n) is 6.87. The highest BCUT2D eigenvalue weighted by atomic mass is 35.5. The fourth-order valence-corrected chi connectivity index (χ4v) is 4.42. The molecule has 0 aromatic carbocycles. The summed E-state index contributed by atoms with van der Waals surface area (Å²) in [6, 6.07) is 0.381. The van der Waals surface area contributed by atoms with E-state index in [0.29, 0.717) is 28.1 Å². The molecule has 3 atom stereocenters. The summed E-state index contributed by atoms with van der Waals surface area (Å²) < 4.78 is 0. The van der Waals surface area contributed by atoms with Gasteiger partial charge in [0.15, 0.2) is 11.0 Å². The number of halogens is 1. The van der Waals surface area contributed by atoms with Crippen molar-refractivity contribution in [3.05, 3.63) is 11.5 Å². The zero-order valence-electron chi connectivity index (χ0n) is 11.7. The van der Waals surface area contributed by atoms with Crippen LogP contribution in [0.3, 0.4) is 0 Å². The third kappa shape index (κ3) is 1.80. The smallest absolute Gasteiger partial charge is 0.157 e. The van der Waals surface area contributed by atoms with Gasteiger partial charge in [0.2, 0.25) is 0 Å². The Hall–Kier alpha value is -1.03. The molecule has 1 aromatic heterocycles. The number of anilines is 2. The lowest BCUT2D eigenvalue weighted by Gasteiger charge is -2.43. The lowest BCUT2D eigenvalue weighted by Crippen LogP contribution is -2.46. The first kappa shape index (κ1) is 13.0. The fourth-order valence-electron chi connectivity index (χ4n) is 4.29. The summed E-state index contributed by atoms with van der Waals surface area (Å²) in [6.45, 7) is 7.07. The van der Waals surface area contributed by atoms with Crippen LogP contribution in [0.5, 0.6) is 0 Å². The van der Waals surface area contributed by atoms with Gasteiger partial charge in [-0.25, -0.2) is 9.97 Å². The molecule has 2 bridgehead atoms. The van der Waals surface area contributed by atoms with Crippen molar-refractivity contribution in [2.45, 2.75) is 46.1 Å². The number of hydrogen-bond acceptors (Lipinski definition) is 4. The number of nitrogen functional groups attached to an aromatic ring is 1. The summed E-state index contributed by atoms with van der Waals surface area (Å²) in [5, 5.41) is 3.87. The lowest BCUT2D eigenvalue weighted by molar-refractivity contribution is 0.155. The molecule has 2 aliphatic carbocycles. The predicted octanol–water partition coefficient (Wildman–Crippen LogP) is 3.34. The van der Waals surface area contributed by atoms with Crippen molar-refractivity contribution in [2.75, 3.05) is 11.1 Å². The van der Waals surface area contributed by atoms with Crippen LogP contribution < -0.4 is 11.1 Å². The number of hydrogen-bond donors (Lipinski definition) is 2. The molecule has 0 spiro atoms. The Morgan fingerprint density at radius 1 is 1.37 bits per heavy atom. The summed E-state index contributed by atoms with van der Waals surface area (Å²) in [5.41, 5.74) is 7.01. The van der Waals surface area contributed by atoms with Crippen LogP contribution in [0.4, 0.5) is 11.5 Å². The maximum absolute atomic E-state index is 5.97. The van der Waals surface area contributed by atoms with E-state index in [1.54, 1.807) is 0 Å². The van der Waals surface area contributed by atoms with E-state index >= 15 is 0 Å². The average Bonchev–Trinajstić information content (AvgIpc) is 2.81. The summed E-state index contributed by atoms with van der Waals surface area (Å²) in [5.74, 6) is 1.46. The SMILES string of the molecule is CC12CCC(C1)C(C)(C)C2Nc1ncnc(Cl)c1N. The molecule has 19 heavy (non-hydrogen) atoms. The Morgan fingerprint density at radius 2 is 2.11 bits per heavy atom. The zero-order chi connectivity index (χ0) is 13.8. The van der Waals surface area contributed by atoms with E-state index in [0.717, 1.165) is 5.92 Å². The maximum atomic E-state index is 5.97. The molecule has 1 heterocycles. The Labute approximate surface area is 119 Å². The summed E-state index contributed by atoms with van der Waals surface area (Å²) >= 11 is 5.97. The minimum absolute atomic E-state index is 0.261. The number of nitrogens with zero attached hydrogens (tertiary/aromatic N) is 2. The van der Waals surface area contributed by atoms with E-state index in [9.17, 15) is 0 Å². The number of fused-ring (bicyclic) bond motifs is 2. The van der Waals surface area contributed by atoms with Gasteiger partial charge < -0.3 is 11.1 Å². The number of rotatable bonds is 2. The van der Waals surface area contributed by atoms with E-state index in [1.807, 2.05) is 0 Å². The van der Waals surface area contributed by atoms with Crippen LogP contribution in [0.15, 0.2) is 6.33 Å². The fraction of sp³-hybridized carbons (Fsp3) is 0.714. The van der Waals surface area contributed by atoms with Crippen molar-refractivity contribution >= 4 is 23.1 Å². The summed E-state index contributed by atoms with van der Waals surface area (Å²) in [4.78, 5) is 8.16. The van der Waals surface area contributed by atoms with Crippen molar-refractivity contribution in [2.24, 2.45) is 16.7 Å². The van der Waals surface area contributed by atoms with E-state index < -0.39 is 0 Å². The molecular weight excluding hydrogens is 260 g/mol. The van der Waals surface area contributed by atoms with Crippen LogP contribution in [0.2, 0.25) is 5.15 Å². The molecule has 2 aliphatic rings. The quantitative estimate of drug-likeness (QED) is 0.816. The van der Waals surface area contributed by atoms with Gasteiger partial charge in [-0.15, -0.1) is 0 Å². The van der Waals surface area contributed by atoms with Gasteiger partial charge in [-0.2, -0.15) is 0 Å². The predicted molar refractivity (Wildman–Crippen MR) is 78.1 cm³/mol. The normalized spacial score (nSPS) is 35.6. The van der Waals surface area contributed by atoms with Gasteiger partial charge >= 0.3 is 0 Å². The molecular formula is C14H21ClN4. The molecule has 3 N–H and O–H groups in total. The largest absolute Gasteiger partial charge is 0.393 e. The molecule has 0 radical (unpaired) electrons. The highest BCUT2D eigenvalue weighted by Crippen LogP contribution is 2.63. The zero-order valence-corrected chi connectivity index (χ0v) is 12.5. The molecule has 1 aromatic rings.